The summed E-state index contributed by atoms with van der Waals surface area (Å²) in [5.74, 6) is -0.0631. The van der Waals surface area contributed by atoms with Gasteiger partial charge in [0.1, 0.15) is 0 Å². The van der Waals surface area contributed by atoms with Crippen LogP contribution in [-0.4, -0.2) is 55.1 Å². The number of hydrogen-bond donors (Lipinski definition) is 0. The minimum Gasteiger partial charge on any atom is -0.453 e. The van der Waals surface area contributed by atoms with Gasteiger partial charge in [-0.3, -0.25) is 4.79 Å². The monoisotopic (exact) mass is 360 g/mol. The second kappa shape index (κ2) is 6.45. The Balaban J connectivity index is 2.01. The average Bonchev–Trinajstić information content (AvgIpc) is 2.48. The van der Waals surface area contributed by atoms with Crippen molar-refractivity contribution in [1.82, 2.24) is 9.80 Å². The maximum atomic E-state index is 12.3. The molecule has 2 rings (SSSR count). The highest BCUT2D eigenvalue weighted by atomic mass is 79.9. The third-order valence-corrected chi connectivity index (χ3v) is 4.38. The van der Waals surface area contributed by atoms with Gasteiger partial charge in [0.2, 0.25) is 0 Å². The standard InChI is InChI=1S/C13H14BrClN2O3/c1-20-13(19)17-6-4-16(5-7-17)12(18)9-2-3-11(15)10(14)8-9/h2-3,8H,4-7H2,1H3. The lowest BCUT2D eigenvalue weighted by molar-refractivity contribution is 0.0599. The topological polar surface area (TPSA) is 49.9 Å². The first kappa shape index (κ1) is 15.1. The summed E-state index contributed by atoms with van der Waals surface area (Å²) in [5, 5.41) is 0.567. The fourth-order valence-corrected chi connectivity index (χ4v) is 2.53. The molecular weight excluding hydrogens is 348 g/mol. The fourth-order valence-electron chi connectivity index (χ4n) is 2.03. The van der Waals surface area contributed by atoms with E-state index in [1.165, 1.54) is 7.11 Å². The molecular formula is C13H14BrClN2O3. The minimum atomic E-state index is -0.355. The van der Waals surface area contributed by atoms with Gasteiger partial charge in [0, 0.05) is 36.2 Å². The number of carbonyl (C=O) groups excluding carboxylic acids is 2. The van der Waals surface area contributed by atoms with Crippen LogP contribution in [0.25, 0.3) is 0 Å². The van der Waals surface area contributed by atoms with Crippen LogP contribution in [0, 0.1) is 0 Å². The van der Waals surface area contributed by atoms with Crippen LogP contribution in [0.1, 0.15) is 10.4 Å². The molecule has 0 unspecified atom stereocenters. The average molecular weight is 362 g/mol. The van der Waals surface area contributed by atoms with Crippen molar-refractivity contribution < 1.29 is 14.3 Å². The Morgan fingerprint density at radius 3 is 2.35 bits per heavy atom. The van der Waals surface area contributed by atoms with Crippen LogP contribution in [0.2, 0.25) is 5.02 Å². The zero-order chi connectivity index (χ0) is 14.7. The molecule has 1 aromatic rings. The highest BCUT2D eigenvalue weighted by molar-refractivity contribution is 9.10. The number of benzene rings is 1. The SMILES string of the molecule is COC(=O)N1CCN(C(=O)c2ccc(Cl)c(Br)c2)CC1. The number of carbonyl (C=O) groups is 2. The minimum absolute atomic E-state index is 0.0631. The van der Waals surface area contributed by atoms with Crippen LogP contribution in [-0.2, 0) is 4.74 Å². The third-order valence-electron chi connectivity index (χ3n) is 3.17. The summed E-state index contributed by atoms with van der Waals surface area (Å²) >= 11 is 9.22. The van der Waals surface area contributed by atoms with E-state index in [0.717, 1.165) is 0 Å². The van der Waals surface area contributed by atoms with Crippen LogP contribution < -0.4 is 0 Å². The van der Waals surface area contributed by atoms with E-state index < -0.39 is 0 Å². The zero-order valence-electron chi connectivity index (χ0n) is 10.9. The molecule has 1 aromatic carbocycles. The largest absolute Gasteiger partial charge is 0.453 e. The molecule has 0 spiro atoms. The summed E-state index contributed by atoms with van der Waals surface area (Å²) < 4.78 is 5.35. The second-order valence-corrected chi connectivity index (χ2v) is 5.64. The van der Waals surface area contributed by atoms with E-state index in [2.05, 4.69) is 20.7 Å². The molecule has 1 heterocycles. The second-order valence-electron chi connectivity index (χ2n) is 4.38. The molecule has 7 heteroatoms. The van der Waals surface area contributed by atoms with Crippen molar-refractivity contribution in [2.75, 3.05) is 33.3 Å². The van der Waals surface area contributed by atoms with E-state index in [1.54, 1.807) is 28.0 Å². The fraction of sp³-hybridized carbons (Fsp3) is 0.385. The van der Waals surface area contributed by atoms with Crippen LogP contribution in [0.5, 0.6) is 0 Å². The Morgan fingerprint density at radius 2 is 1.80 bits per heavy atom. The zero-order valence-corrected chi connectivity index (χ0v) is 13.3. The van der Waals surface area contributed by atoms with Crippen molar-refractivity contribution in [3.8, 4) is 0 Å². The smallest absolute Gasteiger partial charge is 0.409 e. The molecule has 1 aliphatic rings. The molecule has 0 saturated carbocycles. The molecule has 5 nitrogen and oxygen atoms in total. The van der Waals surface area contributed by atoms with E-state index in [-0.39, 0.29) is 12.0 Å². The van der Waals surface area contributed by atoms with Gasteiger partial charge < -0.3 is 14.5 Å². The van der Waals surface area contributed by atoms with Gasteiger partial charge >= 0.3 is 6.09 Å². The van der Waals surface area contributed by atoms with Gasteiger partial charge in [0.05, 0.1) is 12.1 Å². The molecule has 0 radical (unpaired) electrons. The lowest BCUT2D eigenvalue weighted by Gasteiger charge is -2.33. The first-order chi connectivity index (χ1) is 9.52. The molecule has 1 aliphatic heterocycles. The van der Waals surface area contributed by atoms with Crippen LogP contribution in [0.3, 0.4) is 0 Å². The Labute approximate surface area is 130 Å². The van der Waals surface area contributed by atoms with Gasteiger partial charge in [0.15, 0.2) is 0 Å². The summed E-state index contributed by atoms with van der Waals surface area (Å²) in [6.07, 6.45) is -0.355. The van der Waals surface area contributed by atoms with Crippen LogP contribution in [0.4, 0.5) is 4.79 Å². The number of piperazine rings is 1. The normalized spacial score (nSPS) is 15.2. The highest BCUT2D eigenvalue weighted by Gasteiger charge is 2.25. The summed E-state index contributed by atoms with van der Waals surface area (Å²) in [4.78, 5) is 27.0. The highest BCUT2D eigenvalue weighted by Crippen LogP contribution is 2.24. The van der Waals surface area contributed by atoms with Crippen molar-refractivity contribution in [2.45, 2.75) is 0 Å². The van der Waals surface area contributed by atoms with Crippen LogP contribution in [0.15, 0.2) is 22.7 Å². The quantitative estimate of drug-likeness (QED) is 0.772. The van der Waals surface area contributed by atoms with Crippen molar-refractivity contribution in [3.05, 3.63) is 33.3 Å². The Kier molecular flexibility index (Phi) is 4.88. The molecule has 0 N–H and O–H groups in total. The van der Waals surface area contributed by atoms with E-state index in [9.17, 15) is 9.59 Å². The Morgan fingerprint density at radius 1 is 1.20 bits per heavy atom. The van der Waals surface area contributed by atoms with E-state index in [1.807, 2.05) is 0 Å². The van der Waals surface area contributed by atoms with E-state index >= 15 is 0 Å². The van der Waals surface area contributed by atoms with Gasteiger partial charge in [-0.1, -0.05) is 11.6 Å². The van der Waals surface area contributed by atoms with E-state index in [0.29, 0.717) is 41.2 Å². The summed E-state index contributed by atoms with van der Waals surface area (Å²) in [6.45, 7) is 1.95. The predicted octanol–water partition coefficient (Wildman–Crippen LogP) is 2.63. The molecule has 0 bridgehead atoms. The van der Waals surface area contributed by atoms with Gasteiger partial charge in [0.25, 0.3) is 5.91 Å². The number of rotatable bonds is 1. The van der Waals surface area contributed by atoms with Crippen molar-refractivity contribution in [3.63, 3.8) is 0 Å². The number of hydrogen-bond acceptors (Lipinski definition) is 3. The lowest BCUT2D eigenvalue weighted by atomic mass is 10.2. The van der Waals surface area contributed by atoms with Crippen molar-refractivity contribution in [1.29, 1.82) is 0 Å². The molecule has 108 valence electrons. The summed E-state index contributed by atoms with van der Waals surface area (Å²) in [7, 11) is 1.35. The van der Waals surface area contributed by atoms with E-state index in [4.69, 9.17) is 11.6 Å². The van der Waals surface area contributed by atoms with Gasteiger partial charge in [-0.15, -0.1) is 0 Å². The van der Waals surface area contributed by atoms with Gasteiger partial charge in [-0.25, -0.2) is 4.79 Å². The molecule has 0 aromatic heterocycles. The summed E-state index contributed by atoms with van der Waals surface area (Å²) in [6, 6.07) is 5.09. The van der Waals surface area contributed by atoms with Crippen molar-refractivity contribution >= 4 is 39.5 Å². The predicted molar refractivity (Wildman–Crippen MR) is 79.0 cm³/mol. The maximum Gasteiger partial charge on any atom is 0.409 e. The molecule has 2 amide bonds. The maximum absolute atomic E-state index is 12.3. The molecule has 0 aliphatic carbocycles. The first-order valence-corrected chi connectivity index (χ1v) is 7.27. The van der Waals surface area contributed by atoms with Crippen LogP contribution >= 0.6 is 27.5 Å². The molecule has 1 fully saturated rings. The third kappa shape index (κ3) is 3.24. The molecule has 0 atom stereocenters. The first-order valence-electron chi connectivity index (χ1n) is 6.10. The van der Waals surface area contributed by atoms with Gasteiger partial charge in [-0.05, 0) is 34.1 Å². The number of halogens is 2. The molecule has 20 heavy (non-hydrogen) atoms. The van der Waals surface area contributed by atoms with Gasteiger partial charge in [-0.2, -0.15) is 0 Å². The van der Waals surface area contributed by atoms with Crippen molar-refractivity contribution in [2.24, 2.45) is 0 Å². The lowest BCUT2D eigenvalue weighted by Crippen LogP contribution is -2.50. The molecule has 1 saturated heterocycles. The number of ether oxygens (including phenoxy) is 1. The Hall–Kier alpha value is -1.27. The summed E-state index contributed by atoms with van der Waals surface area (Å²) in [5.41, 5.74) is 0.577. The number of nitrogens with zero attached hydrogens (tertiary/aromatic N) is 2. The number of amides is 2. The number of methoxy groups -OCH3 is 1. The Bertz CT molecular complexity index is 530.